The highest BCUT2D eigenvalue weighted by atomic mass is 79.9. The van der Waals surface area contributed by atoms with Gasteiger partial charge >= 0.3 is 6.03 Å². The molecular weight excluding hydrogens is 323 g/mol. The number of aryl methyl sites for hydroxylation is 1. The molecule has 0 spiro atoms. The largest absolute Gasteiger partial charge is 0.334 e. The highest BCUT2D eigenvalue weighted by Gasteiger charge is 2.07. The molecule has 0 fully saturated rings. The number of anilines is 1. The number of nitrogens with one attached hydrogen (secondary N) is 2. The van der Waals surface area contributed by atoms with Gasteiger partial charge in [0.25, 0.3) is 0 Å². The molecule has 0 aliphatic rings. The molecule has 0 atom stereocenters. The van der Waals surface area contributed by atoms with Gasteiger partial charge in [0.05, 0.1) is 5.69 Å². The molecular formula is C15H14BrFN2O. The van der Waals surface area contributed by atoms with Crippen LogP contribution >= 0.6 is 15.9 Å². The summed E-state index contributed by atoms with van der Waals surface area (Å²) in [5.74, 6) is -0.481. The van der Waals surface area contributed by atoms with Gasteiger partial charge in [-0.05, 0) is 36.2 Å². The van der Waals surface area contributed by atoms with E-state index in [1.54, 1.807) is 6.07 Å². The molecule has 2 N–H and O–H groups in total. The molecule has 5 heteroatoms. The summed E-state index contributed by atoms with van der Waals surface area (Å²) >= 11 is 3.16. The zero-order valence-electron chi connectivity index (χ0n) is 10.9. The first-order valence-electron chi connectivity index (χ1n) is 6.10. The molecule has 0 saturated heterocycles. The van der Waals surface area contributed by atoms with Crippen LogP contribution in [0.3, 0.4) is 0 Å². The summed E-state index contributed by atoms with van der Waals surface area (Å²) in [6, 6.07) is 11.8. The number of urea groups is 1. The van der Waals surface area contributed by atoms with Crippen LogP contribution in [-0.2, 0) is 6.54 Å². The number of carbonyl (C=O) groups is 1. The van der Waals surface area contributed by atoms with Crippen molar-refractivity contribution in [2.24, 2.45) is 0 Å². The highest BCUT2D eigenvalue weighted by Crippen LogP contribution is 2.19. The molecule has 0 heterocycles. The summed E-state index contributed by atoms with van der Waals surface area (Å²) in [7, 11) is 0. The minimum atomic E-state index is -0.481. The van der Waals surface area contributed by atoms with Gasteiger partial charge < -0.3 is 10.6 Å². The van der Waals surface area contributed by atoms with Crippen LogP contribution in [0, 0.1) is 12.7 Å². The molecule has 3 nitrogen and oxygen atoms in total. The van der Waals surface area contributed by atoms with E-state index in [9.17, 15) is 9.18 Å². The third kappa shape index (κ3) is 3.81. The van der Waals surface area contributed by atoms with Crippen molar-refractivity contribution in [2.75, 3.05) is 5.32 Å². The van der Waals surface area contributed by atoms with E-state index in [1.807, 2.05) is 31.2 Å². The molecule has 104 valence electrons. The Balaban J connectivity index is 1.94. The SMILES string of the molecule is Cc1ccccc1CNC(=O)Nc1ccc(Br)cc1F. The summed E-state index contributed by atoms with van der Waals surface area (Å²) in [6.45, 7) is 2.37. The van der Waals surface area contributed by atoms with E-state index in [2.05, 4.69) is 26.6 Å². The van der Waals surface area contributed by atoms with Gasteiger partial charge in [-0.15, -0.1) is 0 Å². The maximum Gasteiger partial charge on any atom is 0.319 e. The second-order valence-electron chi connectivity index (χ2n) is 4.36. The lowest BCUT2D eigenvalue weighted by Gasteiger charge is -2.10. The zero-order chi connectivity index (χ0) is 14.5. The van der Waals surface area contributed by atoms with E-state index in [0.29, 0.717) is 11.0 Å². The van der Waals surface area contributed by atoms with E-state index in [0.717, 1.165) is 11.1 Å². The monoisotopic (exact) mass is 336 g/mol. The third-order valence-corrected chi connectivity index (χ3v) is 3.37. The van der Waals surface area contributed by atoms with Crippen LogP contribution in [0.15, 0.2) is 46.9 Å². The van der Waals surface area contributed by atoms with Crippen LogP contribution in [0.2, 0.25) is 0 Å². The molecule has 2 amide bonds. The fourth-order valence-electron chi connectivity index (χ4n) is 1.74. The van der Waals surface area contributed by atoms with Crippen molar-refractivity contribution in [3.05, 3.63) is 63.9 Å². The fraction of sp³-hybridized carbons (Fsp3) is 0.133. The Labute approximate surface area is 125 Å². The van der Waals surface area contributed by atoms with Crippen molar-refractivity contribution in [1.82, 2.24) is 5.32 Å². The topological polar surface area (TPSA) is 41.1 Å². The van der Waals surface area contributed by atoms with Crippen LogP contribution in [0.1, 0.15) is 11.1 Å². The number of carbonyl (C=O) groups excluding carboxylic acids is 1. The van der Waals surface area contributed by atoms with E-state index in [-0.39, 0.29) is 5.69 Å². The van der Waals surface area contributed by atoms with Gasteiger partial charge in [-0.25, -0.2) is 9.18 Å². The normalized spacial score (nSPS) is 10.2. The predicted octanol–water partition coefficient (Wildman–Crippen LogP) is 4.22. The van der Waals surface area contributed by atoms with Crippen molar-refractivity contribution in [3.8, 4) is 0 Å². The van der Waals surface area contributed by atoms with Crippen LogP contribution in [0.4, 0.5) is 14.9 Å². The molecule has 0 aromatic heterocycles. The van der Waals surface area contributed by atoms with Gasteiger partial charge in [-0.1, -0.05) is 40.2 Å². The Bertz CT molecular complexity index is 631. The summed E-state index contributed by atoms with van der Waals surface area (Å²) in [5, 5.41) is 5.18. The van der Waals surface area contributed by atoms with Gasteiger partial charge in [0.15, 0.2) is 0 Å². The Morgan fingerprint density at radius 1 is 1.25 bits per heavy atom. The lowest BCUT2D eigenvalue weighted by Crippen LogP contribution is -2.28. The third-order valence-electron chi connectivity index (χ3n) is 2.88. The fourth-order valence-corrected chi connectivity index (χ4v) is 2.07. The van der Waals surface area contributed by atoms with E-state index in [1.165, 1.54) is 12.1 Å². The predicted molar refractivity (Wildman–Crippen MR) is 81.1 cm³/mol. The van der Waals surface area contributed by atoms with Gasteiger partial charge in [0.1, 0.15) is 5.82 Å². The maximum atomic E-state index is 13.6. The molecule has 0 radical (unpaired) electrons. The van der Waals surface area contributed by atoms with Crippen LogP contribution in [0.5, 0.6) is 0 Å². The first-order chi connectivity index (χ1) is 9.56. The number of rotatable bonds is 3. The summed E-state index contributed by atoms with van der Waals surface area (Å²) in [4.78, 5) is 11.7. The average molecular weight is 337 g/mol. The quantitative estimate of drug-likeness (QED) is 0.865. The number of amides is 2. The lowest BCUT2D eigenvalue weighted by atomic mass is 10.1. The highest BCUT2D eigenvalue weighted by molar-refractivity contribution is 9.10. The van der Waals surface area contributed by atoms with E-state index >= 15 is 0 Å². The van der Waals surface area contributed by atoms with Crippen molar-refractivity contribution >= 4 is 27.6 Å². The van der Waals surface area contributed by atoms with Crippen molar-refractivity contribution in [3.63, 3.8) is 0 Å². The number of hydrogen-bond acceptors (Lipinski definition) is 1. The summed E-state index contributed by atoms with van der Waals surface area (Å²) < 4.78 is 14.2. The molecule has 0 aliphatic carbocycles. The first-order valence-corrected chi connectivity index (χ1v) is 6.90. The Kier molecular flexibility index (Phi) is 4.74. The maximum absolute atomic E-state index is 13.6. The number of hydrogen-bond donors (Lipinski definition) is 2. The molecule has 0 saturated carbocycles. The van der Waals surface area contributed by atoms with Crippen LogP contribution < -0.4 is 10.6 Å². The average Bonchev–Trinajstić information content (AvgIpc) is 2.41. The van der Waals surface area contributed by atoms with Gasteiger partial charge in [-0.3, -0.25) is 0 Å². The Morgan fingerprint density at radius 3 is 2.70 bits per heavy atom. The minimum absolute atomic E-state index is 0.149. The van der Waals surface area contributed by atoms with Crippen molar-refractivity contribution in [1.29, 1.82) is 0 Å². The summed E-state index contributed by atoms with van der Waals surface area (Å²) in [6.07, 6.45) is 0. The molecule has 2 rings (SSSR count). The molecule has 2 aromatic rings. The molecule has 0 bridgehead atoms. The number of halogens is 2. The van der Waals surface area contributed by atoms with Gasteiger partial charge in [0, 0.05) is 11.0 Å². The Morgan fingerprint density at radius 2 is 2.00 bits per heavy atom. The van der Waals surface area contributed by atoms with Gasteiger partial charge in [0.2, 0.25) is 0 Å². The van der Waals surface area contributed by atoms with Crippen molar-refractivity contribution in [2.45, 2.75) is 13.5 Å². The standard InChI is InChI=1S/C15H14BrFN2O/c1-10-4-2-3-5-11(10)9-18-15(20)19-14-7-6-12(16)8-13(14)17/h2-8H,9H2,1H3,(H2,18,19,20). The Hall–Kier alpha value is -1.88. The van der Waals surface area contributed by atoms with Crippen LogP contribution in [0.25, 0.3) is 0 Å². The minimum Gasteiger partial charge on any atom is -0.334 e. The number of benzene rings is 2. The molecule has 2 aromatic carbocycles. The molecule has 0 aliphatic heterocycles. The second-order valence-corrected chi connectivity index (χ2v) is 5.27. The van der Waals surface area contributed by atoms with E-state index < -0.39 is 11.8 Å². The summed E-state index contributed by atoms with van der Waals surface area (Å²) in [5.41, 5.74) is 2.28. The second kappa shape index (κ2) is 6.52. The van der Waals surface area contributed by atoms with Gasteiger partial charge in [-0.2, -0.15) is 0 Å². The van der Waals surface area contributed by atoms with E-state index in [4.69, 9.17) is 0 Å². The van der Waals surface area contributed by atoms with Crippen molar-refractivity contribution < 1.29 is 9.18 Å². The molecule has 0 unspecified atom stereocenters. The molecule has 20 heavy (non-hydrogen) atoms. The zero-order valence-corrected chi connectivity index (χ0v) is 12.5. The lowest BCUT2D eigenvalue weighted by molar-refractivity contribution is 0.251. The smallest absolute Gasteiger partial charge is 0.319 e. The van der Waals surface area contributed by atoms with Crippen LogP contribution in [-0.4, -0.2) is 6.03 Å². The first kappa shape index (κ1) is 14.5.